The number of unbranched alkanes of at least 4 members (excludes halogenated alkanes) is 3. The molecular formula is C25H37NO2. The van der Waals surface area contributed by atoms with Gasteiger partial charge in [0.15, 0.2) is 0 Å². The van der Waals surface area contributed by atoms with Gasteiger partial charge in [0.05, 0.1) is 5.76 Å². The minimum atomic E-state index is 0.252. The highest BCUT2D eigenvalue weighted by Gasteiger charge is 2.27. The molecule has 0 aliphatic heterocycles. The number of Topliss-reactive ketones (excluding diaryl/α,β-unsaturated/α-hetero) is 1. The average molecular weight is 384 g/mol. The number of carbonyl (C=O) groups is 1. The van der Waals surface area contributed by atoms with Gasteiger partial charge in [-0.15, -0.1) is 0 Å². The minimum Gasteiger partial charge on any atom is -0.494 e. The molecule has 1 aromatic carbocycles. The minimum absolute atomic E-state index is 0.252. The number of hydrogen-bond acceptors (Lipinski definition) is 3. The van der Waals surface area contributed by atoms with E-state index in [0.717, 1.165) is 69.2 Å². The van der Waals surface area contributed by atoms with Gasteiger partial charge in [-0.05, 0) is 50.5 Å². The van der Waals surface area contributed by atoms with E-state index in [9.17, 15) is 4.79 Å². The molecule has 1 saturated carbocycles. The maximum Gasteiger partial charge on any atom is 0.135 e. The van der Waals surface area contributed by atoms with Crippen molar-refractivity contribution in [2.75, 3.05) is 7.05 Å². The first-order valence-corrected chi connectivity index (χ1v) is 10.8. The molecule has 1 fully saturated rings. The van der Waals surface area contributed by atoms with Crippen molar-refractivity contribution in [3.63, 3.8) is 0 Å². The van der Waals surface area contributed by atoms with Crippen LogP contribution in [0.2, 0.25) is 0 Å². The quantitative estimate of drug-likeness (QED) is 0.327. The normalized spacial score (nSPS) is 19.0. The van der Waals surface area contributed by atoms with Crippen molar-refractivity contribution >= 4 is 5.78 Å². The van der Waals surface area contributed by atoms with Crippen molar-refractivity contribution in [2.45, 2.75) is 70.8 Å². The Hall–Kier alpha value is -2.03. The molecule has 28 heavy (non-hydrogen) atoms. The molecule has 1 aliphatic rings. The van der Waals surface area contributed by atoms with Crippen molar-refractivity contribution in [2.24, 2.45) is 11.8 Å². The van der Waals surface area contributed by atoms with Crippen molar-refractivity contribution in [3.05, 3.63) is 60.5 Å². The van der Waals surface area contributed by atoms with E-state index < -0.39 is 0 Å². The fourth-order valence-corrected chi connectivity index (χ4v) is 3.93. The highest BCUT2D eigenvalue weighted by Crippen LogP contribution is 2.34. The first-order valence-electron chi connectivity index (χ1n) is 10.8. The van der Waals surface area contributed by atoms with Crippen LogP contribution in [0.5, 0.6) is 0 Å². The summed E-state index contributed by atoms with van der Waals surface area (Å²) in [5.41, 5.74) is 2.27. The van der Waals surface area contributed by atoms with Gasteiger partial charge < -0.3 is 10.1 Å². The maximum absolute atomic E-state index is 12.5. The molecule has 1 aliphatic carbocycles. The predicted octanol–water partition coefficient (Wildman–Crippen LogP) is 6.17. The fourth-order valence-electron chi connectivity index (χ4n) is 3.93. The van der Waals surface area contributed by atoms with Gasteiger partial charge in [0.1, 0.15) is 12.4 Å². The number of benzene rings is 1. The van der Waals surface area contributed by atoms with Crippen molar-refractivity contribution in [1.29, 1.82) is 0 Å². The molecule has 0 aromatic heterocycles. The SMILES string of the molecule is C=C(CCCCCCC(=O)C1CCC(C(=C)OCc2ccccc2)CC1)NC. The fraction of sp³-hybridized carbons (Fsp3) is 0.560. The number of ether oxygens (including phenoxy) is 1. The zero-order valence-electron chi connectivity index (χ0n) is 17.6. The van der Waals surface area contributed by atoms with Gasteiger partial charge in [-0.1, -0.05) is 56.3 Å². The number of ketones is 1. The lowest BCUT2D eigenvalue weighted by molar-refractivity contribution is -0.124. The van der Waals surface area contributed by atoms with Crippen LogP contribution in [-0.2, 0) is 16.1 Å². The van der Waals surface area contributed by atoms with Crippen molar-refractivity contribution in [1.82, 2.24) is 5.32 Å². The number of carbonyl (C=O) groups excluding carboxylic acids is 1. The second-order valence-corrected chi connectivity index (χ2v) is 8.02. The largest absolute Gasteiger partial charge is 0.494 e. The van der Waals surface area contributed by atoms with Crippen molar-refractivity contribution < 1.29 is 9.53 Å². The molecule has 154 valence electrons. The first-order chi connectivity index (χ1) is 13.6. The Morgan fingerprint density at radius 1 is 0.964 bits per heavy atom. The van der Waals surface area contributed by atoms with E-state index in [2.05, 4.69) is 30.6 Å². The lowest BCUT2D eigenvalue weighted by Crippen LogP contribution is -2.23. The molecule has 0 atom stereocenters. The highest BCUT2D eigenvalue weighted by molar-refractivity contribution is 5.81. The van der Waals surface area contributed by atoms with Crippen LogP contribution in [0.15, 0.2) is 54.9 Å². The summed E-state index contributed by atoms with van der Waals surface area (Å²) in [6.45, 7) is 8.67. The van der Waals surface area contributed by atoms with Gasteiger partial charge >= 0.3 is 0 Å². The Bertz CT molecular complexity index is 615. The predicted molar refractivity (Wildman–Crippen MR) is 117 cm³/mol. The third kappa shape index (κ3) is 7.92. The summed E-state index contributed by atoms with van der Waals surface area (Å²) >= 11 is 0. The molecule has 0 spiro atoms. The van der Waals surface area contributed by atoms with E-state index in [0.29, 0.717) is 18.3 Å². The smallest absolute Gasteiger partial charge is 0.135 e. The Kier molecular flexibility index (Phi) is 9.88. The summed E-state index contributed by atoms with van der Waals surface area (Å²) in [5, 5.41) is 3.08. The monoisotopic (exact) mass is 383 g/mol. The van der Waals surface area contributed by atoms with Crippen LogP contribution >= 0.6 is 0 Å². The van der Waals surface area contributed by atoms with Gasteiger partial charge in [-0.3, -0.25) is 4.79 Å². The zero-order valence-corrected chi connectivity index (χ0v) is 17.6. The van der Waals surface area contributed by atoms with Gasteiger partial charge in [0, 0.05) is 31.0 Å². The molecule has 3 nitrogen and oxygen atoms in total. The Morgan fingerprint density at radius 2 is 1.57 bits per heavy atom. The van der Waals surface area contributed by atoms with Gasteiger partial charge in [-0.2, -0.15) is 0 Å². The van der Waals surface area contributed by atoms with Crippen molar-refractivity contribution in [3.8, 4) is 0 Å². The van der Waals surface area contributed by atoms with Crippen LogP contribution in [0, 0.1) is 11.8 Å². The lowest BCUT2D eigenvalue weighted by Gasteiger charge is -2.29. The maximum atomic E-state index is 12.5. The van der Waals surface area contributed by atoms with Crippen LogP contribution < -0.4 is 5.32 Å². The van der Waals surface area contributed by atoms with E-state index in [1.807, 2.05) is 25.2 Å². The lowest BCUT2D eigenvalue weighted by atomic mass is 9.78. The highest BCUT2D eigenvalue weighted by atomic mass is 16.5. The number of nitrogens with one attached hydrogen (secondary N) is 1. The molecule has 3 heteroatoms. The zero-order chi connectivity index (χ0) is 20.2. The van der Waals surface area contributed by atoms with E-state index in [4.69, 9.17) is 4.74 Å². The second kappa shape index (κ2) is 12.4. The summed E-state index contributed by atoms with van der Waals surface area (Å²) in [5.74, 6) is 2.00. The average Bonchev–Trinajstić information content (AvgIpc) is 2.74. The van der Waals surface area contributed by atoms with Gasteiger partial charge in [0.2, 0.25) is 0 Å². The topological polar surface area (TPSA) is 38.3 Å². The molecule has 0 heterocycles. The molecule has 0 saturated heterocycles. The van der Waals surface area contributed by atoms with Gasteiger partial charge in [-0.25, -0.2) is 0 Å². The molecule has 1 aromatic rings. The molecule has 2 rings (SSSR count). The molecule has 0 radical (unpaired) electrons. The van der Waals surface area contributed by atoms with Crippen LogP contribution in [0.25, 0.3) is 0 Å². The standard InChI is InChI=1S/C25H37NO2/c1-20(26-3)11-7-4-5-10-14-25(27)24-17-15-23(16-18-24)21(2)28-19-22-12-8-6-9-13-22/h6,8-9,12-13,23-24,26H,1-2,4-5,7,10-11,14-19H2,3H3. The third-order valence-corrected chi connectivity index (χ3v) is 5.91. The Labute approximate surface area is 171 Å². The summed E-state index contributed by atoms with van der Waals surface area (Å²) < 4.78 is 5.90. The molecule has 0 unspecified atom stereocenters. The van der Waals surface area contributed by atoms with Crippen LogP contribution in [-0.4, -0.2) is 12.8 Å². The molecule has 0 amide bonds. The summed E-state index contributed by atoms with van der Waals surface area (Å²) in [6, 6.07) is 10.2. The van der Waals surface area contributed by atoms with E-state index >= 15 is 0 Å². The first kappa shape index (κ1) is 22.3. The summed E-state index contributed by atoms with van der Waals surface area (Å²) in [7, 11) is 1.92. The van der Waals surface area contributed by atoms with Crippen LogP contribution in [0.1, 0.15) is 69.8 Å². The van der Waals surface area contributed by atoms with E-state index in [1.54, 1.807) is 0 Å². The summed E-state index contributed by atoms with van der Waals surface area (Å²) in [4.78, 5) is 12.5. The van der Waals surface area contributed by atoms with E-state index in [-0.39, 0.29) is 5.92 Å². The Balaban J connectivity index is 1.57. The van der Waals surface area contributed by atoms with E-state index in [1.165, 1.54) is 12.0 Å². The number of rotatable bonds is 13. The second-order valence-electron chi connectivity index (χ2n) is 8.02. The molecule has 0 bridgehead atoms. The number of allylic oxidation sites excluding steroid dienone is 2. The van der Waals surface area contributed by atoms with Crippen LogP contribution in [0.4, 0.5) is 0 Å². The van der Waals surface area contributed by atoms with Crippen LogP contribution in [0.3, 0.4) is 0 Å². The van der Waals surface area contributed by atoms with Gasteiger partial charge in [0.25, 0.3) is 0 Å². The molecule has 1 N–H and O–H groups in total. The molecular weight excluding hydrogens is 346 g/mol. The Morgan fingerprint density at radius 3 is 2.21 bits per heavy atom. The third-order valence-electron chi connectivity index (χ3n) is 5.91. The summed E-state index contributed by atoms with van der Waals surface area (Å²) in [6.07, 6.45) is 10.3. The number of hydrogen-bond donors (Lipinski definition) is 1.